The van der Waals surface area contributed by atoms with Gasteiger partial charge < -0.3 is 14.6 Å². The summed E-state index contributed by atoms with van der Waals surface area (Å²) in [5, 5.41) is 22.4. The lowest BCUT2D eigenvalue weighted by Crippen LogP contribution is -2.10. The van der Waals surface area contributed by atoms with E-state index >= 15 is 0 Å². The van der Waals surface area contributed by atoms with Gasteiger partial charge >= 0.3 is 5.63 Å². The summed E-state index contributed by atoms with van der Waals surface area (Å²) in [6.45, 7) is 4.14. The molecule has 3 aromatic rings. The van der Waals surface area contributed by atoms with Gasteiger partial charge in [0.2, 0.25) is 0 Å². The molecule has 1 aromatic heterocycles. The second kappa shape index (κ2) is 12.3. The van der Waals surface area contributed by atoms with Crippen LogP contribution in [0.3, 0.4) is 0 Å². The molecule has 6 heteroatoms. The van der Waals surface area contributed by atoms with Gasteiger partial charge in [-0.3, -0.25) is 9.59 Å². The highest BCUT2D eigenvalue weighted by molar-refractivity contribution is 6.18. The van der Waals surface area contributed by atoms with Gasteiger partial charge in [-0.1, -0.05) is 82.7 Å². The van der Waals surface area contributed by atoms with E-state index in [0.717, 1.165) is 38.5 Å². The fraction of sp³-hybridized carbons (Fsp3) is 0.414. The van der Waals surface area contributed by atoms with Crippen molar-refractivity contribution < 1.29 is 24.2 Å². The predicted octanol–water partition coefficient (Wildman–Crippen LogP) is 7.18. The van der Waals surface area contributed by atoms with Crippen molar-refractivity contribution in [1.29, 1.82) is 0 Å². The van der Waals surface area contributed by atoms with Crippen LogP contribution in [0.4, 0.5) is 0 Å². The number of carbonyl (C=O) groups excluding carboxylic acids is 2. The summed E-state index contributed by atoms with van der Waals surface area (Å²) in [7, 11) is 0. The van der Waals surface area contributed by atoms with Gasteiger partial charge in [-0.15, -0.1) is 0 Å². The first-order valence-corrected chi connectivity index (χ1v) is 12.6. The number of Topliss-reactive ketones (excluding diaryl/α,β-unsaturated/α-hetero) is 2. The molecule has 0 saturated heterocycles. The number of aromatic hydroxyl groups is 2. The number of carbonyl (C=O) groups is 2. The molecule has 2 aromatic carbocycles. The molecule has 2 N–H and O–H groups in total. The van der Waals surface area contributed by atoms with Gasteiger partial charge in [0.05, 0.1) is 5.39 Å². The largest absolute Gasteiger partial charge is 0.506 e. The maximum absolute atomic E-state index is 13.3. The number of fused-ring (bicyclic) bond motifs is 1. The van der Waals surface area contributed by atoms with Crippen LogP contribution in [-0.2, 0) is 0 Å². The predicted molar refractivity (Wildman–Crippen MR) is 137 cm³/mol. The first kappa shape index (κ1) is 26.2. The summed E-state index contributed by atoms with van der Waals surface area (Å²) >= 11 is 0. The molecular formula is C29H34O6. The minimum Gasteiger partial charge on any atom is -0.506 e. The molecule has 35 heavy (non-hydrogen) atoms. The van der Waals surface area contributed by atoms with E-state index in [4.69, 9.17) is 4.42 Å². The van der Waals surface area contributed by atoms with Crippen molar-refractivity contribution in [2.24, 2.45) is 0 Å². The molecule has 0 bridgehead atoms. The number of ketones is 2. The van der Waals surface area contributed by atoms with Gasteiger partial charge in [0.15, 0.2) is 17.1 Å². The van der Waals surface area contributed by atoms with Gasteiger partial charge in [0.1, 0.15) is 22.6 Å². The lowest BCUT2D eigenvalue weighted by molar-refractivity contribution is 0.0973. The van der Waals surface area contributed by atoms with Gasteiger partial charge in [-0.25, -0.2) is 4.79 Å². The molecule has 6 nitrogen and oxygen atoms in total. The number of benzene rings is 2. The van der Waals surface area contributed by atoms with E-state index in [0.29, 0.717) is 24.0 Å². The van der Waals surface area contributed by atoms with E-state index in [-0.39, 0.29) is 34.9 Å². The van der Waals surface area contributed by atoms with Crippen LogP contribution in [0.5, 0.6) is 11.5 Å². The maximum Gasteiger partial charge on any atom is 0.336 e. The third-order valence-corrected chi connectivity index (χ3v) is 6.29. The topological polar surface area (TPSA) is 105 Å². The summed E-state index contributed by atoms with van der Waals surface area (Å²) in [5.74, 6) is -1.94. The molecular weight excluding hydrogens is 444 g/mol. The first-order chi connectivity index (χ1) is 16.9. The summed E-state index contributed by atoms with van der Waals surface area (Å²) in [4.78, 5) is 38.9. The molecule has 0 aliphatic heterocycles. The van der Waals surface area contributed by atoms with E-state index in [1.54, 1.807) is 24.3 Å². The van der Waals surface area contributed by atoms with Crippen molar-refractivity contribution in [3.63, 3.8) is 0 Å². The number of rotatable bonds is 13. The molecule has 0 aliphatic rings. The smallest absolute Gasteiger partial charge is 0.336 e. The Hall–Kier alpha value is -3.41. The lowest BCUT2D eigenvalue weighted by atomic mass is 9.90. The van der Waals surface area contributed by atoms with Crippen LogP contribution in [0, 0.1) is 0 Å². The zero-order valence-electron chi connectivity index (χ0n) is 20.6. The lowest BCUT2D eigenvalue weighted by Gasteiger charge is -2.16. The van der Waals surface area contributed by atoms with Gasteiger partial charge in [-0.05, 0) is 18.4 Å². The van der Waals surface area contributed by atoms with E-state index in [9.17, 15) is 24.6 Å². The van der Waals surface area contributed by atoms with Crippen LogP contribution >= 0.6 is 0 Å². The van der Waals surface area contributed by atoms with Crippen LogP contribution in [0.1, 0.15) is 98.8 Å². The average Bonchev–Trinajstić information content (AvgIpc) is 2.84. The first-order valence-electron chi connectivity index (χ1n) is 12.6. The number of phenols is 2. The Balaban J connectivity index is 2.23. The molecule has 3 rings (SSSR count). The second-order valence-corrected chi connectivity index (χ2v) is 8.96. The number of hydrogen-bond acceptors (Lipinski definition) is 6. The Morgan fingerprint density at radius 3 is 1.91 bits per heavy atom. The molecule has 0 aliphatic carbocycles. The SMILES string of the molecule is CCCCCCC(=O)c1c(O)c(C(=O)CCCCCC)c2oc(=O)cc(-c3ccccc3)c2c1O. The minimum absolute atomic E-state index is 0.0856. The van der Waals surface area contributed by atoms with Crippen molar-refractivity contribution in [2.75, 3.05) is 0 Å². The Morgan fingerprint density at radius 2 is 1.34 bits per heavy atom. The summed E-state index contributed by atoms with van der Waals surface area (Å²) in [5.41, 5.74) is -0.426. The third-order valence-electron chi connectivity index (χ3n) is 6.29. The normalized spacial score (nSPS) is 11.1. The number of phenolic OH excluding ortho intramolecular Hbond substituents is 2. The molecule has 0 amide bonds. The monoisotopic (exact) mass is 478 g/mol. The Kier molecular flexibility index (Phi) is 9.24. The fourth-order valence-electron chi connectivity index (χ4n) is 4.42. The van der Waals surface area contributed by atoms with E-state index in [1.807, 2.05) is 6.07 Å². The summed E-state index contributed by atoms with van der Waals surface area (Å²) in [6.07, 6.45) is 7.16. The standard InChI is InChI=1S/C29H34O6/c1-3-5-7-12-16-21(30)25-27(33)24-20(19-14-10-9-11-15-19)18-23(32)35-29(24)26(28(25)34)22(31)17-13-8-6-4-2/h9-11,14-15,18,33-34H,3-8,12-13,16-17H2,1-2H3. The van der Waals surface area contributed by atoms with Crippen LogP contribution in [0.15, 0.2) is 45.6 Å². The van der Waals surface area contributed by atoms with Crippen LogP contribution in [0.2, 0.25) is 0 Å². The van der Waals surface area contributed by atoms with Crippen molar-refractivity contribution >= 4 is 22.5 Å². The second-order valence-electron chi connectivity index (χ2n) is 8.96. The van der Waals surface area contributed by atoms with Crippen molar-refractivity contribution in [3.05, 3.63) is 57.9 Å². The molecule has 1 heterocycles. The minimum atomic E-state index is -0.714. The third kappa shape index (κ3) is 5.99. The Bertz CT molecular complexity index is 1240. The Morgan fingerprint density at radius 1 is 0.771 bits per heavy atom. The highest BCUT2D eigenvalue weighted by Crippen LogP contribution is 2.44. The van der Waals surface area contributed by atoms with Crippen molar-refractivity contribution in [3.8, 4) is 22.6 Å². The number of unbranched alkanes of at least 4 members (excludes halogenated alkanes) is 6. The van der Waals surface area contributed by atoms with E-state index in [1.165, 1.54) is 6.07 Å². The summed E-state index contributed by atoms with van der Waals surface area (Å²) in [6, 6.07) is 10.1. The van der Waals surface area contributed by atoms with Crippen LogP contribution in [0.25, 0.3) is 22.1 Å². The maximum atomic E-state index is 13.3. The Labute approximate surface area is 205 Å². The van der Waals surface area contributed by atoms with Gasteiger partial charge in [0.25, 0.3) is 0 Å². The van der Waals surface area contributed by atoms with Crippen LogP contribution < -0.4 is 5.63 Å². The highest BCUT2D eigenvalue weighted by atomic mass is 16.4. The summed E-state index contributed by atoms with van der Waals surface area (Å²) < 4.78 is 5.41. The molecule has 0 radical (unpaired) electrons. The molecule has 0 spiro atoms. The molecule has 186 valence electrons. The van der Waals surface area contributed by atoms with Gasteiger partial charge in [0, 0.05) is 24.5 Å². The highest BCUT2D eigenvalue weighted by Gasteiger charge is 2.30. The van der Waals surface area contributed by atoms with E-state index in [2.05, 4.69) is 13.8 Å². The quantitative estimate of drug-likeness (QED) is 0.153. The van der Waals surface area contributed by atoms with Crippen LogP contribution in [-0.4, -0.2) is 21.8 Å². The van der Waals surface area contributed by atoms with Crippen molar-refractivity contribution in [2.45, 2.75) is 78.1 Å². The molecule has 0 unspecified atom stereocenters. The average molecular weight is 479 g/mol. The molecule has 0 saturated carbocycles. The van der Waals surface area contributed by atoms with Crippen molar-refractivity contribution in [1.82, 2.24) is 0 Å². The molecule has 0 atom stereocenters. The fourth-order valence-corrected chi connectivity index (χ4v) is 4.42. The van der Waals surface area contributed by atoms with E-state index < -0.39 is 28.7 Å². The number of hydrogen-bond donors (Lipinski definition) is 2. The van der Waals surface area contributed by atoms with Gasteiger partial charge in [-0.2, -0.15) is 0 Å². The molecule has 0 fully saturated rings. The zero-order valence-corrected chi connectivity index (χ0v) is 20.6. The zero-order chi connectivity index (χ0) is 25.4.